The predicted octanol–water partition coefficient (Wildman–Crippen LogP) is 0.150. The van der Waals surface area contributed by atoms with E-state index in [2.05, 4.69) is 14.6 Å². The van der Waals surface area contributed by atoms with Crippen LogP contribution in [0.25, 0.3) is 0 Å². The Hall–Kier alpha value is -0.695. The maximum absolute atomic E-state index is 8.43. The SMILES string of the molecule is OB(O)Oc1c[nH]c(=S)[nH]c1=S. The molecule has 0 atom stereocenters. The third-order valence-electron chi connectivity index (χ3n) is 1.02. The van der Waals surface area contributed by atoms with Crippen LogP contribution in [0, 0.1) is 9.41 Å². The Morgan fingerprint density at radius 3 is 2.58 bits per heavy atom. The van der Waals surface area contributed by atoms with Gasteiger partial charge in [0.15, 0.2) is 10.5 Å². The van der Waals surface area contributed by atoms with Crippen LogP contribution >= 0.6 is 24.4 Å². The number of nitrogens with one attached hydrogen (secondary N) is 2. The first kappa shape index (κ1) is 9.39. The minimum atomic E-state index is -1.88. The maximum Gasteiger partial charge on any atom is 0.707 e. The summed E-state index contributed by atoms with van der Waals surface area (Å²) in [6, 6.07) is 0. The normalized spacial score (nSPS) is 9.50. The minimum Gasteiger partial charge on any atom is -0.509 e. The van der Waals surface area contributed by atoms with E-state index in [4.69, 9.17) is 34.5 Å². The van der Waals surface area contributed by atoms with Crippen molar-refractivity contribution < 1.29 is 14.7 Å². The van der Waals surface area contributed by atoms with Crippen molar-refractivity contribution in [1.29, 1.82) is 0 Å². The van der Waals surface area contributed by atoms with Gasteiger partial charge in [0.2, 0.25) is 0 Å². The lowest BCUT2D eigenvalue weighted by molar-refractivity contribution is 0.286. The molecule has 0 fully saturated rings. The predicted molar refractivity (Wildman–Crippen MR) is 47.6 cm³/mol. The zero-order valence-electron chi connectivity index (χ0n) is 5.77. The molecule has 64 valence electrons. The zero-order valence-corrected chi connectivity index (χ0v) is 7.41. The van der Waals surface area contributed by atoms with Crippen molar-refractivity contribution in [1.82, 2.24) is 9.97 Å². The third kappa shape index (κ3) is 2.41. The number of hydrogen-bond acceptors (Lipinski definition) is 5. The fraction of sp³-hybridized carbons (Fsp3) is 0. The minimum absolute atomic E-state index is 0.133. The van der Waals surface area contributed by atoms with Crippen LogP contribution in [0.2, 0.25) is 0 Å². The number of hydrogen-bond donors (Lipinski definition) is 4. The molecule has 12 heavy (non-hydrogen) atoms. The molecule has 0 amide bonds. The highest BCUT2D eigenvalue weighted by Gasteiger charge is 2.11. The van der Waals surface area contributed by atoms with Crippen molar-refractivity contribution in [3.8, 4) is 5.75 Å². The summed E-state index contributed by atoms with van der Waals surface area (Å²) in [5.74, 6) is 0.133. The van der Waals surface area contributed by atoms with E-state index in [1.807, 2.05) is 0 Å². The van der Waals surface area contributed by atoms with Gasteiger partial charge >= 0.3 is 7.32 Å². The van der Waals surface area contributed by atoms with Crippen LogP contribution in [-0.2, 0) is 0 Å². The summed E-state index contributed by atoms with van der Waals surface area (Å²) in [7, 11) is -1.88. The van der Waals surface area contributed by atoms with Gasteiger partial charge in [-0.05, 0) is 12.2 Å². The molecule has 1 aromatic rings. The maximum atomic E-state index is 8.43. The Balaban J connectivity index is 3.02. The Labute approximate surface area is 78.2 Å². The van der Waals surface area contributed by atoms with Gasteiger partial charge in [-0.3, -0.25) is 0 Å². The number of rotatable bonds is 2. The van der Waals surface area contributed by atoms with Crippen LogP contribution < -0.4 is 4.65 Å². The largest absolute Gasteiger partial charge is 0.707 e. The number of H-pyrrole nitrogens is 2. The van der Waals surface area contributed by atoms with Crippen molar-refractivity contribution in [2.75, 3.05) is 0 Å². The van der Waals surface area contributed by atoms with Crippen molar-refractivity contribution in [2.24, 2.45) is 0 Å². The van der Waals surface area contributed by atoms with Crippen LogP contribution in [0.15, 0.2) is 6.20 Å². The molecule has 8 heteroatoms. The first-order valence-electron chi connectivity index (χ1n) is 2.94. The molecule has 0 aliphatic carbocycles. The summed E-state index contributed by atoms with van der Waals surface area (Å²) in [5.41, 5.74) is 0. The fourth-order valence-corrected chi connectivity index (χ4v) is 1.03. The van der Waals surface area contributed by atoms with Crippen molar-refractivity contribution in [2.45, 2.75) is 0 Å². The lowest BCUT2D eigenvalue weighted by Gasteiger charge is -2.02. The molecule has 0 aliphatic rings. The highest BCUT2D eigenvalue weighted by Crippen LogP contribution is 2.08. The monoisotopic (exact) mass is 204 g/mol. The summed E-state index contributed by atoms with van der Waals surface area (Å²) >= 11 is 9.48. The van der Waals surface area contributed by atoms with Crippen LogP contribution in [-0.4, -0.2) is 27.3 Å². The van der Waals surface area contributed by atoms with E-state index in [1.54, 1.807) is 0 Å². The van der Waals surface area contributed by atoms with Crippen LogP contribution in [0.5, 0.6) is 5.75 Å². The van der Waals surface area contributed by atoms with E-state index >= 15 is 0 Å². The van der Waals surface area contributed by atoms with Gasteiger partial charge in [0.05, 0.1) is 0 Å². The summed E-state index contributed by atoms with van der Waals surface area (Å²) in [5, 5.41) is 16.9. The van der Waals surface area contributed by atoms with Gasteiger partial charge in [0.25, 0.3) is 0 Å². The van der Waals surface area contributed by atoms with Crippen molar-refractivity contribution in [3.63, 3.8) is 0 Å². The van der Waals surface area contributed by atoms with Crippen LogP contribution in [0.4, 0.5) is 0 Å². The van der Waals surface area contributed by atoms with E-state index in [0.717, 1.165) is 0 Å². The zero-order chi connectivity index (χ0) is 9.14. The van der Waals surface area contributed by atoms with E-state index < -0.39 is 7.32 Å². The average Bonchev–Trinajstić information content (AvgIpc) is 1.94. The van der Waals surface area contributed by atoms with E-state index in [1.165, 1.54) is 6.20 Å². The second-order valence-corrected chi connectivity index (χ2v) is 2.70. The second kappa shape index (κ2) is 3.81. The summed E-state index contributed by atoms with van der Waals surface area (Å²) in [6.45, 7) is 0. The standard InChI is InChI=1S/C4H5BN2O3S2/c8-5(9)10-2-1-6-4(12)7-3(2)11/h1,8-9H,(H2,6,7,11,12). The van der Waals surface area contributed by atoms with Crippen molar-refractivity contribution in [3.05, 3.63) is 15.6 Å². The van der Waals surface area contributed by atoms with E-state index in [0.29, 0.717) is 4.77 Å². The lowest BCUT2D eigenvalue weighted by atomic mass is 10.2. The smallest absolute Gasteiger partial charge is 0.509 e. The number of aromatic nitrogens is 2. The Morgan fingerprint density at radius 2 is 2.08 bits per heavy atom. The van der Waals surface area contributed by atoms with Gasteiger partial charge in [0.1, 0.15) is 4.64 Å². The van der Waals surface area contributed by atoms with Gasteiger partial charge in [-0.25, -0.2) is 0 Å². The molecule has 1 heterocycles. The first-order chi connectivity index (χ1) is 5.59. The lowest BCUT2D eigenvalue weighted by Crippen LogP contribution is -2.21. The van der Waals surface area contributed by atoms with Gasteiger partial charge in [-0.2, -0.15) is 0 Å². The summed E-state index contributed by atoms with van der Waals surface area (Å²) < 4.78 is 5.06. The molecule has 0 spiro atoms. The number of aromatic amines is 2. The van der Waals surface area contributed by atoms with E-state index in [9.17, 15) is 0 Å². The fourth-order valence-electron chi connectivity index (χ4n) is 0.599. The molecule has 0 saturated heterocycles. The molecule has 0 aromatic carbocycles. The van der Waals surface area contributed by atoms with Gasteiger partial charge < -0.3 is 24.7 Å². The molecule has 1 rings (SSSR count). The first-order valence-corrected chi connectivity index (χ1v) is 3.76. The molecule has 0 radical (unpaired) electrons. The average molecular weight is 204 g/mol. The second-order valence-electron chi connectivity index (χ2n) is 1.88. The molecular formula is C4H5BN2O3S2. The topological polar surface area (TPSA) is 81.3 Å². The highest BCUT2D eigenvalue weighted by atomic mass is 32.1. The molecule has 0 bridgehead atoms. The third-order valence-corrected chi connectivity index (χ3v) is 1.54. The van der Waals surface area contributed by atoms with E-state index in [-0.39, 0.29) is 10.4 Å². The van der Waals surface area contributed by atoms with Crippen LogP contribution in [0.1, 0.15) is 0 Å². The molecule has 0 saturated carbocycles. The highest BCUT2D eigenvalue weighted by molar-refractivity contribution is 7.72. The Morgan fingerprint density at radius 1 is 1.42 bits per heavy atom. The van der Waals surface area contributed by atoms with Gasteiger partial charge in [-0.1, -0.05) is 12.2 Å². The molecular weight excluding hydrogens is 199 g/mol. The molecule has 4 N–H and O–H groups in total. The van der Waals surface area contributed by atoms with Gasteiger partial charge in [0, 0.05) is 6.20 Å². The molecule has 5 nitrogen and oxygen atoms in total. The quantitative estimate of drug-likeness (QED) is 0.407. The Kier molecular flexibility index (Phi) is 2.98. The van der Waals surface area contributed by atoms with Crippen LogP contribution in [0.3, 0.4) is 0 Å². The van der Waals surface area contributed by atoms with Gasteiger partial charge in [-0.15, -0.1) is 0 Å². The van der Waals surface area contributed by atoms with Crippen molar-refractivity contribution >= 4 is 31.8 Å². The molecule has 0 unspecified atom stereocenters. The Bertz CT molecular complexity index is 373. The molecule has 1 aromatic heterocycles. The summed E-state index contributed by atoms with van der Waals surface area (Å²) in [4.78, 5) is 5.16. The molecule has 0 aliphatic heterocycles. The summed E-state index contributed by atoms with van der Waals surface area (Å²) in [6.07, 6.45) is 1.35.